The number of rotatable bonds is 4. The zero-order valence-corrected chi connectivity index (χ0v) is 19.8. The fourth-order valence-electron chi connectivity index (χ4n) is 5.74. The first-order valence-electron chi connectivity index (χ1n) is 12.3. The number of likely N-dealkylation sites (tertiary alicyclic amines) is 1. The quantitative estimate of drug-likeness (QED) is 0.601. The smallest absolute Gasteiger partial charge is 0.233 e. The molecular formula is C27H34N4O2. The number of ether oxygens (including phenoxy) is 1. The topological polar surface area (TPSA) is 59.7 Å². The van der Waals surface area contributed by atoms with Crippen molar-refractivity contribution in [1.82, 2.24) is 19.3 Å². The highest BCUT2D eigenvalue weighted by molar-refractivity contribution is 5.88. The fourth-order valence-corrected chi connectivity index (χ4v) is 5.74. The van der Waals surface area contributed by atoms with Gasteiger partial charge in [-0.1, -0.05) is 29.3 Å². The van der Waals surface area contributed by atoms with E-state index in [1.54, 1.807) is 6.20 Å². The molecule has 0 unspecified atom stereocenters. The van der Waals surface area contributed by atoms with Crippen LogP contribution in [0, 0.1) is 19.8 Å². The molecule has 2 aromatic heterocycles. The Morgan fingerprint density at radius 3 is 2.67 bits per heavy atom. The van der Waals surface area contributed by atoms with Gasteiger partial charge in [-0.05, 0) is 63.9 Å². The number of nitrogens with zero attached hydrogens (tertiary/aromatic N) is 4. The van der Waals surface area contributed by atoms with Crippen molar-refractivity contribution in [2.24, 2.45) is 5.92 Å². The third kappa shape index (κ3) is 4.54. The number of carbonyl (C=O) groups excluding carboxylic acids is 1. The lowest BCUT2D eigenvalue weighted by Crippen LogP contribution is -2.50. The number of hydrogen-bond acceptors (Lipinski definition) is 4. The van der Waals surface area contributed by atoms with Crippen LogP contribution in [-0.4, -0.2) is 51.5 Å². The molecule has 33 heavy (non-hydrogen) atoms. The molecule has 1 atom stereocenters. The SMILES string of the molecule is Cc1cc(C)cc(C2(C(=O)N3CCC[C@@H](Cc4cn5ccnc5cn4)CC3)CCOCC2)c1. The second-order valence-electron chi connectivity index (χ2n) is 9.94. The van der Waals surface area contributed by atoms with Gasteiger partial charge in [-0.15, -0.1) is 0 Å². The van der Waals surface area contributed by atoms with Crippen LogP contribution in [-0.2, 0) is 21.4 Å². The van der Waals surface area contributed by atoms with Gasteiger partial charge in [0, 0.05) is 44.9 Å². The average Bonchev–Trinajstić information content (AvgIpc) is 3.16. The van der Waals surface area contributed by atoms with Crippen LogP contribution in [0.3, 0.4) is 0 Å². The maximum Gasteiger partial charge on any atom is 0.233 e. The lowest BCUT2D eigenvalue weighted by molar-refractivity contribution is -0.141. The van der Waals surface area contributed by atoms with Gasteiger partial charge in [0.25, 0.3) is 0 Å². The lowest BCUT2D eigenvalue weighted by atomic mass is 9.72. The number of imidazole rings is 1. The number of fused-ring (bicyclic) bond motifs is 1. The van der Waals surface area contributed by atoms with E-state index in [4.69, 9.17) is 4.74 Å². The highest BCUT2D eigenvalue weighted by Gasteiger charge is 2.44. The van der Waals surface area contributed by atoms with E-state index >= 15 is 0 Å². The Bertz CT molecular complexity index is 1110. The van der Waals surface area contributed by atoms with Gasteiger partial charge in [0.15, 0.2) is 5.65 Å². The van der Waals surface area contributed by atoms with Crippen LogP contribution >= 0.6 is 0 Å². The van der Waals surface area contributed by atoms with E-state index in [2.05, 4.69) is 53.1 Å². The first-order chi connectivity index (χ1) is 16.0. The zero-order valence-electron chi connectivity index (χ0n) is 19.8. The molecule has 5 rings (SSSR count). The van der Waals surface area contributed by atoms with Crippen molar-refractivity contribution in [3.63, 3.8) is 0 Å². The van der Waals surface area contributed by atoms with E-state index in [1.165, 1.54) is 16.7 Å². The van der Waals surface area contributed by atoms with Crippen molar-refractivity contribution in [2.75, 3.05) is 26.3 Å². The molecule has 1 amide bonds. The van der Waals surface area contributed by atoms with E-state index in [1.807, 2.05) is 16.8 Å². The molecule has 0 radical (unpaired) electrons. The minimum Gasteiger partial charge on any atom is -0.381 e. The number of benzene rings is 1. The Labute approximate surface area is 196 Å². The molecule has 3 aromatic rings. The van der Waals surface area contributed by atoms with Crippen LogP contribution in [0.15, 0.2) is 43.0 Å². The summed E-state index contributed by atoms with van der Waals surface area (Å²) in [7, 11) is 0. The minimum absolute atomic E-state index is 0.300. The second-order valence-corrected chi connectivity index (χ2v) is 9.94. The summed E-state index contributed by atoms with van der Waals surface area (Å²) in [6.45, 7) is 7.22. The van der Waals surface area contributed by atoms with E-state index in [-0.39, 0.29) is 0 Å². The summed E-state index contributed by atoms with van der Waals surface area (Å²) < 4.78 is 7.73. The number of carbonyl (C=O) groups is 1. The van der Waals surface area contributed by atoms with Gasteiger partial charge >= 0.3 is 0 Å². The molecule has 2 aliphatic heterocycles. The summed E-state index contributed by atoms with van der Waals surface area (Å²) in [6.07, 6.45) is 13.4. The molecule has 4 heterocycles. The standard InChI is InChI=1S/C27H34N4O2/c1-20-14-21(2)16-23(15-20)27(6-12-33-13-7-27)26(32)30-9-3-4-22(5-10-30)17-24-19-31-11-8-28-25(31)18-29-24/h8,11,14-16,18-19,22H,3-7,9-10,12-13,17H2,1-2H3/t22-/m1/s1. The van der Waals surface area contributed by atoms with Gasteiger partial charge in [-0.25, -0.2) is 4.98 Å². The first kappa shape index (κ1) is 22.1. The summed E-state index contributed by atoms with van der Waals surface area (Å²) in [5, 5.41) is 0. The van der Waals surface area contributed by atoms with Gasteiger partial charge in [-0.2, -0.15) is 0 Å². The van der Waals surface area contributed by atoms with Crippen molar-refractivity contribution in [3.8, 4) is 0 Å². The summed E-state index contributed by atoms with van der Waals surface area (Å²) >= 11 is 0. The molecular weight excluding hydrogens is 412 g/mol. The highest BCUT2D eigenvalue weighted by Crippen LogP contribution is 2.38. The van der Waals surface area contributed by atoms with Crippen LogP contribution in [0.4, 0.5) is 0 Å². The Morgan fingerprint density at radius 1 is 1.09 bits per heavy atom. The van der Waals surface area contributed by atoms with Gasteiger partial charge in [-0.3, -0.25) is 9.78 Å². The molecule has 6 heteroatoms. The summed E-state index contributed by atoms with van der Waals surface area (Å²) in [5.74, 6) is 0.845. The Hall–Kier alpha value is -2.73. The molecule has 0 N–H and O–H groups in total. The third-order valence-electron chi connectivity index (χ3n) is 7.50. The number of amides is 1. The predicted octanol–water partition coefficient (Wildman–Crippen LogP) is 4.27. The van der Waals surface area contributed by atoms with Crippen LogP contribution in [0.2, 0.25) is 0 Å². The summed E-state index contributed by atoms with van der Waals surface area (Å²) in [5.41, 5.74) is 5.14. The number of hydrogen-bond donors (Lipinski definition) is 0. The van der Waals surface area contributed by atoms with Gasteiger partial charge in [0.05, 0.1) is 17.3 Å². The van der Waals surface area contributed by atoms with E-state index in [9.17, 15) is 4.79 Å². The average molecular weight is 447 g/mol. The highest BCUT2D eigenvalue weighted by atomic mass is 16.5. The molecule has 0 aliphatic carbocycles. The van der Waals surface area contributed by atoms with Gasteiger partial charge in [0.2, 0.25) is 5.91 Å². The molecule has 0 saturated carbocycles. The number of aromatic nitrogens is 3. The van der Waals surface area contributed by atoms with Gasteiger partial charge in [0.1, 0.15) is 0 Å². The van der Waals surface area contributed by atoms with Gasteiger partial charge < -0.3 is 14.0 Å². The molecule has 2 aliphatic rings. The van der Waals surface area contributed by atoms with E-state index in [0.717, 1.165) is 63.0 Å². The first-order valence-corrected chi connectivity index (χ1v) is 12.3. The van der Waals surface area contributed by atoms with Crippen molar-refractivity contribution >= 4 is 11.6 Å². The van der Waals surface area contributed by atoms with Crippen molar-refractivity contribution in [1.29, 1.82) is 0 Å². The lowest BCUT2D eigenvalue weighted by Gasteiger charge is -2.40. The molecule has 6 nitrogen and oxygen atoms in total. The largest absolute Gasteiger partial charge is 0.381 e. The normalized spacial score (nSPS) is 21.2. The van der Waals surface area contributed by atoms with Crippen molar-refractivity contribution < 1.29 is 9.53 Å². The second kappa shape index (κ2) is 9.26. The number of aryl methyl sites for hydroxylation is 2. The Balaban J connectivity index is 1.32. The van der Waals surface area contributed by atoms with E-state index in [0.29, 0.717) is 25.0 Å². The molecule has 2 fully saturated rings. The Morgan fingerprint density at radius 2 is 1.88 bits per heavy atom. The fraction of sp³-hybridized carbons (Fsp3) is 0.519. The molecule has 0 bridgehead atoms. The van der Waals surface area contributed by atoms with Crippen LogP contribution < -0.4 is 0 Å². The maximum absolute atomic E-state index is 14.1. The van der Waals surface area contributed by atoms with Crippen LogP contribution in [0.5, 0.6) is 0 Å². The summed E-state index contributed by atoms with van der Waals surface area (Å²) in [6, 6.07) is 6.62. The monoisotopic (exact) mass is 446 g/mol. The van der Waals surface area contributed by atoms with Crippen molar-refractivity contribution in [2.45, 2.75) is 57.8 Å². The maximum atomic E-state index is 14.1. The van der Waals surface area contributed by atoms with Crippen LogP contribution in [0.1, 0.15) is 54.5 Å². The van der Waals surface area contributed by atoms with Crippen molar-refractivity contribution in [3.05, 3.63) is 65.4 Å². The molecule has 2 saturated heterocycles. The van der Waals surface area contributed by atoms with Crippen LogP contribution in [0.25, 0.3) is 5.65 Å². The predicted molar refractivity (Wildman–Crippen MR) is 128 cm³/mol. The molecule has 1 aromatic carbocycles. The molecule has 0 spiro atoms. The summed E-state index contributed by atoms with van der Waals surface area (Å²) in [4.78, 5) is 25.1. The minimum atomic E-state index is -0.455. The molecule has 174 valence electrons. The zero-order chi connectivity index (χ0) is 22.8. The third-order valence-corrected chi connectivity index (χ3v) is 7.50. The Kier molecular flexibility index (Phi) is 6.19. The van der Waals surface area contributed by atoms with E-state index < -0.39 is 5.41 Å².